The van der Waals surface area contributed by atoms with Crippen LogP contribution in [-0.4, -0.2) is 32.5 Å². The topological polar surface area (TPSA) is 80.4 Å². The minimum atomic E-state index is -0.149. The summed E-state index contributed by atoms with van der Waals surface area (Å²) in [4.78, 5) is 27.4. The van der Waals surface area contributed by atoms with Crippen molar-refractivity contribution in [3.8, 4) is 5.69 Å². The molecule has 7 nitrogen and oxygen atoms in total. The molecule has 0 atom stereocenters. The highest BCUT2D eigenvalue weighted by atomic mass is 16.3. The Kier molecular flexibility index (Phi) is 5.76. The number of rotatable bonds is 8. The van der Waals surface area contributed by atoms with Crippen LogP contribution in [0.3, 0.4) is 0 Å². The third-order valence-corrected chi connectivity index (χ3v) is 5.57. The van der Waals surface area contributed by atoms with Gasteiger partial charge in [0.2, 0.25) is 0 Å². The van der Waals surface area contributed by atoms with Crippen molar-refractivity contribution in [1.29, 1.82) is 0 Å². The molecule has 0 unspecified atom stereocenters. The lowest BCUT2D eigenvalue weighted by Crippen LogP contribution is -2.30. The lowest BCUT2D eigenvalue weighted by atomic mass is 10.1. The molecule has 0 aliphatic heterocycles. The average Bonchev–Trinajstić information content (AvgIpc) is 3.29. The molecular formula is C26H24N4O3. The molecule has 2 heterocycles. The molecule has 1 saturated carbocycles. The van der Waals surface area contributed by atoms with Crippen LogP contribution in [-0.2, 0) is 13.1 Å². The van der Waals surface area contributed by atoms with E-state index in [0.717, 1.165) is 24.1 Å². The van der Waals surface area contributed by atoms with Crippen LogP contribution in [0.5, 0.6) is 0 Å². The molecule has 1 aliphatic carbocycles. The number of amides is 2. The van der Waals surface area contributed by atoms with Gasteiger partial charge < -0.3 is 14.6 Å². The number of nitrogens with one attached hydrogen (secondary N) is 1. The highest BCUT2D eigenvalue weighted by Gasteiger charge is 2.24. The molecule has 5 rings (SSSR count). The molecule has 7 heteroatoms. The van der Waals surface area contributed by atoms with Crippen molar-refractivity contribution in [3.63, 3.8) is 0 Å². The molecule has 2 aromatic heterocycles. The van der Waals surface area contributed by atoms with E-state index in [1.54, 1.807) is 46.4 Å². The second-order valence-corrected chi connectivity index (χ2v) is 8.19. The van der Waals surface area contributed by atoms with Gasteiger partial charge in [0.25, 0.3) is 11.8 Å². The van der Waals surface area contributed by atoms with Gasteiger partial charge in [-0.25, -0.2) is 4.68 Å². The highest BCUT2D eigenvalue weighted by Crippen LogP contribution is 2.20. The third kappa shape index (κ3) is 5.03. The van der Waals surface area contributed by atoms with Gasteiger partial charge in [-0.05, 0) is 54.8 Å². The van der Waals surface area contributed by atoms with Gasteiger partial charge in [0, 0.05) is 24.3 Å². The van der Waals surface area contributed by atoms with Crippen LogP contribution in [0.2, 0.25) is 0 Å². The Hall–Kier alpha value is -4.13. The fourth-order valence-electron chi connectivity index (χ4n) is 3.61. The zero-order valence-corrected chi connectivity index (χ0v) is 18.1. The van der Waals surface area contributed by atoms with E-state index in [9.17, 15) is 9.59 Å². The Morgan fingerprint density at radius 3 is 2.45 bits per heavy atom. The first-order valence-corrected chi connectivity index (χ1v) is 11.0. The number of para-hydroxylation sites is 1. The van der Waals surface area contributed by atoms with E-state index in [4.69, 9.17) is 4.42 Å². The van der Waals surface area contributed by atoms with Crippen LogP contribution in [0.15, 0.2) is 89.8 Å². The van der Waals surface area contributed by atoms with Crippen molar-refractivity contribution >= 4 is 11.8 Å². The van der Waals surface area contributed by atoms with Crippen LogP contribution >= 0.6 is 0 Å². The number of aromatic nitrogens is 2. The van der Waals surface area contributed by atoms with Crippen molar-refractivity contribution in [2.75, 3.05) is 0 Å². The first-order chi connectivity index (χ1) is 16.2. The fourth-order valence-corrected chi connectivity index (χ4v) is 3.61. The van der Waals surface area contributed by atoms with Crippen molar-refractivity contribution in [1.82, 2.24) is 20.0 Å². The predicted molar refractivity (Wildman–Crippen MR) is 123 cm³/mol. The number of benzene rings is 2. The van der Waals surface area contributed by atoms with Gasteiger partial charge in [0.05, 0.1) is 30.3 Å². The second-order valence-electron chi connectivity index (χ2n) is 8.19. The normalized spacial score (nSPS) is 13.0. The van der Waals surface area contributed by atoms with Gasteiger partial charge in [0.15, 0.2) is 0 Å². The Bertz CT molecular complexity index is 1230. The number of hydrogen-bond donors (Lipinski definition) is 1. The molecule has 166 valence electrons. The maximum absolute atomic E-state index is 13.4. The molecule has 1 N–H and O–H groups in total. The minimum absolute atomic E-state index is 0.0547. The highest BCUT2D eigenvalue weighted by molar-refractivity contribution is 5.95. The van der Waals surface area contributed by atoms with Gasteiger partial charge in [-0.15, -0.1) is 0 Å². The van der Waals surface area contributed by atoms with E-state index in [-0.39, 0.29) is 11.8 Å². The van der Waals surface area contributed by atoms with Crippen molar-refractivity contribution < 1.29 is 14.0 Å². The third-order valence-electron chi connectivity index (χ3n) is 5.57. The molecular weight excluding hydrogens is 416 g/mol. The van der Waals surface area contributed by atoms with Crippen LogP contribution in [0, 0.1) is 0 Å². The molecule has 2 aromatic carbocycles. The standard InChI is InChI=1S/C26H24N4O3/c31-25(28-22-12-13-22)20-10-8-19(9-11-20)16-29(18-24-7-4-14-33-24)26(32)21-15-27-30(17-21)23-5-2-1-3-6-23/h1-11,14-15,17,22H,12-13,16,18H2,(H,28,31). The van der Waals surface area contributed by atoms with Gasteiger partial charge >= 0.3 is 0 Å². The SMILES string of the molecule is O=C(NC1CC1)c1ccc(CN(Cc2ccco2)C(=O)c2cnn(-c3ccccc3)c2)cc1. The molecule has 0 radical (unpaired) electrons. The smallest absolute Gasteiger partial charge is 0.257 e. The fraction of sp³-hybridized carbons (Fsp3) is 0.192. The summed E-state index contributed by atoms with van der Waals surface area (Å²) in [5.74, 6) is 0.490. The summed E-state index contributed by atoms with van der Waals surface area (Å²) in [6.07, 6.45) is 7.01. The number of carbonyl (C=O) groups is 2. The summed E-state index contributed by atoms with van der Waals surface area (Å²) in [5.41, 5.74) is 2.92. The Balaban J connectivity index is 1.34. The van der Waals surface area contributed by atoms with E-state index in [1.807, 2.05) is 48.5 Å². The summed E-state index contributed by atoms with van der Waals surface area (Å²) < 4.78 is 7.17. The summed E-state index contributed by atoms with van der Waals surface area (Å²) in [6, 6.07) is 21.0. The van der Waals surface area contributed by atoms with Crippen molar-refractivity contribution in [3.05, 3.63) is 108 Å². The van der Waals surface area contributed by atoms with E-state index >= 15 is 0 Å². The van der Waals surface area contributed by atoms with E-state index in [1.165, 1.54) is 0 Å². The summed E-state index contributed by atoms with van der Waals surface area (Å²) in [6.45, 7) is 0.701. The lowest BCUT2D eigenvalue weighted by Gasteiger charge is -2.21. The zero-order valence-electron chi connectivity index (χ0n) is 18.1. The number of carbonyl (C=O) groups excluding carboxylic acids is 2. The van der Waals surface area contributed by atoms with Crippen LogP contribution in [0.4, 0.5) is 0 Å². The minimum Gasteiger partial charge on any atom is -0.467 e. The Labute approximate surface area is 191 Å². The van der Waals surface area contributed by atoms with Gasteiger partial charge in [-0.2, -0.15) is 5.10 Å². The zero-order chi connectivity index (χ0) is 22.6. The average molecular weight is 441 g/mol. The molecule has 0 bridgehead atoms. The number of hydrogen-bond acceptors (Lipinski definition) is 4. The summed E-state index contributed by atoms with van der Waals surface area (Å²) in [5, 5.41) is 7.35. The molecule has 0 saturated heterocycles. The quantitative estimate of drug-likeness (QED) is 0.445. The predicted octanol–water partition coefficient (Wildman–Crippen LogP) is 4.20. The molecule has 4 aromatic rings. The number of nitrogens with zero attached hydrogens (tertiary/aromatic N) is 3. The molecule has 33 heavy (non-hydrogen) atoms. The maximum atomic E-state index is 13.4. The Morgan fingerprint density at radius 1 is 0.970 bits per heavy atom. The molecule has 1 fully saturated rings. The molecule has 1 aliphatic rings. The van der Waals surface area contributed by atoms with Gasteiger partial charge in [0.1, 0.15) is 5.76 Å². The van der Waals surface area contributed by atoms with E-state index < -0.39 is 0 Å². The van der Waals surface area contributed by atoms with Crippen LogP contribution in [0.25, 0.3) is 5.69 Å². The largest absolute Gasteiger partial charge is 0.467 e. The van der Waals surface area contributed by atoms with Gasteiger partial charge in [-0.3, -0.25) is 9.59 Å². The van der Waals surface area contributed by atoms with Crippen molar-refractivity contribution in [2.24, 2.45) is 0 Å². The van der Waals surface area contributed by atoms with Crippen molar-refractivity contribution in [2.45, 2.75) is 32.0 Å². The summed E-state index contributed by atoms with van der Waals surface area (Å²) in [7, 11) is 0. The number of furan rings is 1. The monoisotopic (exact) mass is 440 g/mol. The van der Waals surface area contributed by atoms with Gasteiger partial charge in [-0.1, -0.05) is 30.3 Å². The summed E-state index contributed by atoms with van der Waals surface area (Å²) >= 11 is 0. The van der Waals surface area contributed by atoms with Crippen LogP contribution in [0.1, 0.15) is 44.9 Å². The van der Waals surface area contributed by atoms with E-state index in [2.05, 4.69) is 10.4 Å². The lowest BCUT2D eigenvalue weighted by molar-refractivity contribution is 0.0717. The second kappa shape index (κ2) is 9.16. The van der Waals surface area contributed by atoms with E-state index in [0.29, 0.717) is 36.0 Å². The Morgan fingerprint density at radius 2 is 1.76 bits per heavy atom. The molecule has 2 amide bonds. The van der Waals surface area contributed by atoms with Crippen LogP contribution < -0.4 is 5.32 Å². The molecule has 0 spiro atoms. The first-order valence-electron chi connectivity index (χ1n) is 11.0. The maximum Gasteiger partial charge on any atom is 0.257 e. The first kappa shape index (κ1) is 20.8.